The normalized spacial score (nSPS) is 11.0. The van der Waals surface area contributed by atoms with Crippen molar-refractivity contribution in [3.63, 3.8) is 0 Å². The summed E-state index contributed by atoms with van der Waals surface area (Å²) in [4.78, 5) is 25.6. The quantitative estimate of drug-likeness (QED) is 0.676. The first-order valence-electron chi connectivity index (χ1n) is 9.66. The van der Waals surface area contributed by atoms with Crippen molar-refractivity contribution < 1.29 is 14.3 Å². The predicted octanol–water partition coefficient (Wildman–Crippen LogP) is 4.10. The highest BCUT2D eigenvalue weighted by molar-refractivity contribution is 6.10. The number of anilines is 1. The maximum absolute atomic E-state index is 12.9. The molecular weight excluding hydrogens is 352 g/mol. The van der Waals surface area contributed by atoms with Crippen LogP contribution in [0.4, 0.5) is 5.69 Å². The average Bonchev–Trinajstić information content (AvgIpc) is 2.72. The number of amides is 2. The van der Waals surface area contributed by atoms with E-state index < -0.39 is 5.41 Å². The number of hydrogen-bond donors (Lipinski definition) is 2. The zero-order valence-electron chi connectivity index (χ0n) is 17.4. The van der Waals surface area contributed by atoms with Gasteiger partial charge in [-0.2, -0.15) is 0 Å². The molecule has 0 spiro atoms. The second-order valence-corrected chi connectivity index (χ2v) is 7.27. The number of rotatable bonds is 8. The molecule has 150 valence electrons. The molecule has 0 atom stereocenters. The van der Waals surface area contributed by atoms with E-state index in [1.54, 1.807) is 21.0 Å². The van der Waals surface area contributed by atoms with Gasteiger partial charge >= 0.3 is 0 Å². The average molecular weight is 383 g/mol. The molecule has 0 fully saturated rings. The van der Waals surface area contributed by atoms with E-state index in [2.05, 4.69) is 24.5 Å². The lowest BCUT2D eigenvalue weighted by Gasteiger charge is -2.24. The van der Waals surface area contributed by atoms with Crippen molar-refractivity contribution >= 4 is 17.5 Å². The molecule has 0 bridgehead atoms. The van der Waals surface area contributed by atoms with Gasteiger partial charge in [0.1, 0.15) is 11.2 Å². The molecule has 0 saturated carbocycles. The minimum absolute atomic E-state index is 0.310. The van der Waals surface area contributed by atoms with Gasteiger partial charge in [-0.25, -0.2) is 0 Å². The minimum Gasteiger partial charge on any atom is -0.497 e. The summed E-state index contributed by atoms with van der Waals surface area (Å²) in [5, 5.41) is 5.86. The van der Waals surface area contributed by atoms with E-state index in [0.717, 1.165) is 41.0 Å². The molecule has 2 amide bonds. The number of ether oxygens (including phenoxy) is 1. The summed E-state index contributed by atoms with van der Waals surface area (Å²) in [7, 11) is 1.61. The highest BCUT2D eigenvalue weighted by Gasteiger charge is 2.36. The fraction of sp³-hybridized carbons (Fsp3) is 0.391. The summed E-state index contributed by atoms with van der Waals surface area (Å²) < 4.78 is 5.13. The number of nitrogens with one attached hydrogen (secondary N) is 2. The molecule has 2 N–H and O–H groups in total. The lowest BCUT2D eigenvalue weighted by Crippen LogP contribution is -2.45. The van der Waals surface area contributed by atoms with Crippen molar-refractivity contribution in [3.05, 3.63) is 59.2 Å². The lowest BCUT2D eigenvalue weighted by molar-refractivity contribution is -0.138. The van der Waals surface area contributed by atoms with Gasteiger partial charge in [-0.3, -0.25) is 9.59 Å². The molecule has 0 heterocycles. The maximum atomic E-state index is 12.9. The third kappa shape index (κ3) is 4.91. The number of carbonyl (C=O) groups excluding carboxylic acids is 2. The van der Waals surface area contributed by atoms with Crippen molar-refractivity contribution in [2.75, 3.05) is 12.4 Å². The topological polar surface area (TPSA) is 67.4 Å². The smallest absolute Gasteiger partial charge is 0.239 e. The zero-order valence-corrected chi connectivity index (χ0v) is 17.4. The molecule has 0 aliphatic carbocycles. The van der Waals surface area contributed by atoms with E-state index in [-0.39, 0.29) is 11.8 Å². The van der Waals surface area contributed by atoms with Gasteiger partial charge in [0.25, 0.3) is 0 Å². The van der Waals surface area contributed by atoms with Gasteiger partial charge in [0.05, 0.1) is 7.11 Å². The number of hydrogen-bond acceptors (Lipinski definition) is 3. The monoisotopic (exact) mass is 382 g/mol. The fourth-order valence-corrected chi connectivity index (χ4v) is 2.92. The van der Waals surface area contributed by atoms with Crippen LogP contribution in [0.3, 0.4) is 0 Å². The van der Waals surface area contributed by atoms with E-state index in [4.69, 9.17) is 4.74 Å². The molecule has 2 aromatic rings. The van der Waals surface area contributed by atoms with Crippen LogP contribution < -0.4 is 15.4 Å². The second kappa shape index (κ2) is 9.40. The van der Waals surface area contributed by atoms with Crippen molar-refractivity contribution in [1.29, 1.82) is 0 Å². The Morgan fingerprint density at radius 1 is 0.929 bits per heavy atom. The SMILES string of the molecule is CCc1cccc(CC)c1NC(=O)C(C)(C)C(=O)NCc1ccc(OC)cc1. The van der Waals surface area contributed by atoms with Crippen LogP contribution in [0.25, 0.3) is 0 Å². The number of para-hydroxylation sites is 1. The van der Waals surface area contributed by atoms with Crippen LogP contribution in [0, 0.1) is 5.41 Å². The van der Waals surface area contributed by atoms with Crippen LogP contribution in [0.15, 0.2) is 42.5 Å². The van der Waals surface area contributed by atoms with Gasteiger partial charge in [0, 0.05) is 12.2 Å². The van der Waals surface area contributed by atoms with Gasteiger partial charge in [-0.1, -0.05) is 44.2 Å². The van der Waals surface area contributed by atoms with Crippen LogP contribution in [0.1, 0.15) is 44.4 Å². The maximum Gasteiger partial charge on any atom is 0.239 e. The highest BCUT2D eigenvalue weighted by Crippen LogP contribution is 2.26. The molecule has 0 radical (unpaired) electrons. The van der Waals surface area contributed by atoms with Crippen LogP contribution >= 0.6 is 0 Å². The number of carbonyl (C=O) groups is 2. The molecule has 2 rings (SSSR count). The van der Waals surface area contributed by atoms with Crippen LogP contribution in [0.2, 0.25) is 0 Å². The molecule has 5 heteroatoms. The second-order valence-electron chi connectivity index (χ2n) is 7.27. The third-order valence-corrected chi connectivity index (χ3v) is 4.98. The van der Waals surface area contributed by atoms with E-state index in [1.165, 1.54) is 0 Å². The molecule has 5 nitrogen and oxygen atoms in total. The highest BCUT2D eigenvalue weighted by atomic mass is 16.5. The molecule has 0 aliphatic rings. The van der Waals surface area contributed by atoms with Crippen molar-refractivity contribution in [3.8, 4) is 5.75 Å². The van der Waals surface area contributed by atoms with E-state index in [9.17, 15) is 9.59 Å². The Bertz CT molecular complexity index is 804. The zero-order chi connectivity index (χ0) is 20.7. The fourth-order valence-electron chi connectivity index (χ4n) is 2.92. The van der Waals surface area contributed by atoms with Gasteiger partial charge in [0.2, 0.25) is 11.8 Å². The lowest BCUT2D eigenvalue weighted by atomic mass is 9.90. The van der Waals surface area contributed by atoms with Crippen molar-refractivity contribution in [2.24, 2.45) is 5.41 Å². The van der Waals surface area contributed by atoms with Crippen LogP contribution in [-0.4, -0.2) is 18.9 Å². The number of methoxy groups -OCH3 is 1. The Balaban J connectivity index is 2.08. The Labute approximate surface area is 167 Å². The van der Waals surface area contributed by atoms with Crippen molar-refractivity contribution in [2.45, 2.75) is 47.1 Å². The molecule has 0 unspecified atom stereocenters. The van der Waals surface area contributed by atoms with Crippen LogP contribution in [-0.2, 0) is 29.0 Å². The Kier molecular flexibility index (Phi) is 7.21. The number of aryl methyl sites for hydroxylation is 2. The Morgan fingerprint density at radius 3 is 2.00 bits per heavy atom. The first kappa shape index (κ1) is 21.5. The van der Waals surface area contributed by atoms with Crippen molar-refractivity contribution in [1.82, 2.24) is 5.32 Å². The number of benzene rings is 2. The Hall–Kier alpha value is -2.82. The summed E-state index contributed by atoms with van der Waals surface area (Å²) in [6, 6.07) is 13.5. The molecule has 0 saturated heterocycles. The van der Waals surface area contributed by atoms with Gasteiger partial charge in [-0.15, -0.1) is 0 Å². The van der Waals surface area contributed by atoms with Gasteiger partial charge in [0.15, 0.2) is 0 Å². The molecule has 0 aliphatic heterocycles. The van der Waals surface area contributed by atoms with E-state index >= 15 is 0 Å². The van der Waals surface area contributed by atoms with E-state index in [0.29, 0.717) is 6.54 Å². The summed E-state index contributed by atoms with van der Waals surface area (Å²) in [6.45, 7) is 7.75. The molecule has 28 heavy (non-hydrogen) atoms. The van der Waals surface area contributed by atoms with Gasteiger partial charge in [-0.05, 0) is 55.5 Å². The first-order valence-corrected chi connectivity index (χ1v) is 9.66. The standard InChI is InChI=1S/C23H30N2O3/c1-6-17-9-8-10-18(7-2)20(17)25-22(27)23(3,4)21(26)24-15-16-11-13-19(28-5)14-12-16/h8-14H,6-7,15H2,1-5H3,(H,24,26)(H,25,27). The molecule has 2 aromatic carbocycles. The van der Waals surface area contributed by atoms with Crippen LogP contribution in [0.5, 0.6) is 5.75 Å². The summed E-state index contributed by atoms with van der Waals surface area (Å²) in [6.07, 6.45) is 1.63. The predicted molar refractivity (Wildman–Crippen MR) is 112 cm³/mol. The third-order valence-electron chi connectivity index (χ3n) is 4.98. The molecular formula is C23H30N2O3. The molecule has 0 aromatic heterocycles. The summed E-state index contributed by atoms with van der Waals surface area (Å²) in [5.74, 6) is 0.138. The largest absolute Gasteiger partial charge is 0.497 e. The van der Waals surface area contributed by atoms with E-state index in [1.807, 2.05) is 42.5 Å². The Morgan fingerprint density at radius 2 is 1.50 bits per heavy atom. The summed E-state index contributed by atoms with van der Waals surface area (Å²) in [5.41, 5.74) is 2.71. The summed E-state index contributed by atoms with van der Waals surface area (Å²) >= 11 is 0. The minimum atomic E-state index is -1.20. The first-order chi connectivity index (χ1) is 13.3. The van der Waals surface area contributed by atoms with Gasteiger partial charge < -0.3 is 15.4 Å².